The van der Waals surface area contributed by atoms with Crippen molar-refractivity contribution in [3.8, 4) is 11.5 Å². The van der Waals surface area contributed by atoms with Crippen molar-refractivity contribution in [3.63, 3.8) is 0 Å². The quantitative estimate of drug-likeness (QED) is 0.0696. The summed E-state index contributed by atoms with van der Waals surface area (Å²) in [4.78, 5) is 0. The molecule has 258 valence electrons. The summed E-state index contributed by atoms with van der Waals surface area (Å²) in [6, 6.07) is 21.5. The van der Waals surface area contributed by atoms with E-state index < -0.39 is 35.7 Å². The molecule has 14 heteroatoms. The van der Waals surface area contributed by atoms with Crippen molar-refractivity contribution < 1.29 is 48.8 Å². The second-order valence-corrected chi connectivity index (χ2v) is 12.3. The highest BCUT2D eigenvalue weighted by atomic mass is 32.2. The van der Waals surface area contributed by atoms with Crippen LogP contribution in [-0.4, -0.2) is 71.0 Å². The van der Waals surface area contributed by atoms with Crippen molar-refractivity contribution in [3.05, 3.63) is 83.9 Å². The van der Waals surface area contributed by atoms with Gasteiger partial charge >= 0.3 is 12.4 Å². The maximum Gasteiger partial charge on any atom is 0.422 e. The summed E-state index contributed by atoms with van der Waals surface area (Å²) in [5, 5.41) is 9.98. The molecule has 47 heavy (non-hydrogen) atoms. The standard InChI is InChI=1S/C32H34F6N2O2.CH4O3S/c33-31(34,35)21-41-29-13-11-23(25-7-1-3-9-27(25)29)15-19-39-17-5-6-18-40-20-16-24-12-14-30(42-22-32(36,37)38)28-10-4-2-8-26(24)28;1-5(2,3)4/h1-4,7-14,39-40H,5-6,15-22H2;1H3,(H,2,3,4). The first kappa shape index (κ1) is 37.9. The fraction of sp³-hybridized carbons (Fsp3) is 0.394. The lowest BCUT2D eigenvalue weighted by atomic mass is 10.0. The number of fused-ring (bicyclic) bond motifs is 2. The summed E-state index contributed by atoms with van der Waals surface area (Å²) in [6.45, 7) is 0.541. The predicted octanol–water partition coefficient (Wildman–Crippen LogP) is 7.12. The van der Waals surface area contributed by atoms with E-state index in [0.29, 0.717) is 17.0 Å². The summed E-state index contributed by atoms with van der Waals surface area (Å²) >= 11 is 0. The van der Waals surface area contributed by atoms with E-state index in [1.165, 1.54) is 0 Å². The van der Waals surface area contributed by atoms with Gasteiger partial charge in [0.25, 0.3) is 10.1 Å². The Kier molecular flexibility index (Phi) is 14.1. The van der Waals surface area contributed by atoms with Crippen LogP contribution in [0.25, 0.3) is 21.5 Å². The molecule has 3 N–H and O–H groups in total. The largest absolute Gasteiger partial charge is 0.483 e. The summed E-state index contributed by atoms with van der Waals surface area (Å²) in [5.41, 5.74) is 2.10. The number of benzene rings is 4. The number of nitrogens with one attached hydrogen (secondary N) is 2. The summed E-state index contributed by atoms with van der Waals surface area (Å²) in [7, 11) is -3.67. The third-order valence-corrected chi connectivity index (χ3v) is 6.83. The van der Waals surface area contributed by atoms with Crippen LogP contribution in [0.2, 0.25) is 0 Å². The summed E-state index contributed by atoms with van der Waals surface area (Å²) < 4.78 is 111. The molecule has 0 bridgehead atoms. The molecule has 4 aromatic rings. The fourth-order valence-electron chi connectivity index (χ4n) is 4.87. The zero-order valence-corrected chi connectivity index (χ0v) is 26.6. The highest BCUT2D eigenvalue weighted by Crippen LogP contribution is 2.31. The van der Waals surface area contributed by atoms with Gasteiger partial charge in [-0.25, -0.2) is 0 Å². The molecule has 0 atom stereocenters. The molecule has 7 nitrogen and oxygen atoms in total. The Morgan fingerprint density at radius 3 is 1.28 bits per heavy atom. The molecule has 0 heterocycles. The van der Waals surface area contributed by atoms with Gasteiger partial charge in [0.05, 0.1) is 6.26 Å². The van der Waals surface area contributed by atoms with Gasteiger partial charge in [-0.3, -0.25) is 4.55 Å². The van der Waals surface area contributed by atoms with Gasteiger partial charge in [-0.2, -0.15) is 34.8 Å². The van der Waals surface area contributed by atoms with E-state index in [1.807, 2.05) is 36.4 Å². The van der Waals surface area contributed by atoms with Crippen LogP contribution in [0.5, 0.6) is 11.5 Å². The molecule has 0 saturated carbocycles. The second-order valence-electron chi connectivity index (χ2n) is 10.8. The van der Waals surface area contributed by atoms with Crippen LogP contribution >= 0.6 is 0 Å². The molecule has 0 aliphatic rings. The van der Waals surface area contributed by atoms with Crippen molar-refractivity contribution in [1.82, 2.24) is 10.6 Å². The van der Waals surface area contributed by atoms with Crippen LogP contribution in [-0.2, 0) is 23.0 Å². The molecule has 0 aliphatic carbocycles. The molecule has 0 saturated heterocycles. The van der Waals surface area contributed by atoms with Gasteiger partial charge < -0.3 is 20.1 Å². The topological polar surface area (TPSA) is 96.9 Å². The molecule has 0 radical (unpaired) electrons. The van der Waals surface area contributed by atoms with Crippen LogP contribution in [0.4, 0.5) is 26.3 Å². The number of halogens is 6. The smallest absolute Gasteiger partial charge is 0.422 e. The van der Waals surface area contributed by atoms with Crippen LogP contribution in [0, 0.1) is 0 Å². The number of rotatable bonds is 15. The van der Waals surface area contributed by atoms with E-state index in [0.717, 1.165) is 73.8 Å². The van der Waals surface area contributed by atoms with E-state index in [4.69, 9.17) is 14.0 Å². The Labute approximate surface area is 270 Å². The minimum atomic E-state index is -4.39. The lowest BCUT2D eigenvalue weighted by Crippen LogP contribution is -2.22. The third-order valence-electron chi connectivity index (χ3n) is 6.83. The van der Waals surface area contributed by atoms with E-state index in [2.05, 4.69) is 10.6 Å². The lowest BCUT2D eigenvalue weighted by molar-refractivity contribution is -0.153. The Hall–Kier alpha value is -3.59. The minimum Gasteiger partial charge on any atom is -0.483 e. The SMILES string of the molecule is CS(=O)(=O)O.FC(F)(F)COc1ccc(CCNCCCCNCCc2ccc(OCC(F)(F)F)c3ccccc23)c2ccccc12. The first-order valence-corrected chi connectivity index (χ1v) is 16.7. The molecular weight excluding hydrogens is 650 g/mol. The van der Waals surface area contributed by atoms with Gasteiger partial charge in [0.2, 0.25) is 0 Å². The Balaban J connectivity index is 0.00000111. The van der Waals surface area contributed by atoms with Gasteiger partial charge in [0.1, 0.15) is 11.5 Å². The molecule has 0 fully saturated rings. The predicted molar refractivity (Wildman–Crippen MR) is 171 cm³/mol. The van der Waals surface area contributed by atoms with Gasteiger partial charge in [-0.1, -0.05) is 60.7 Å². The van der Waals surface area contributed by atoms with E-state index in [1.54, 1.807) is 36.4 Å². The average Bonchev–Trinajstić information content (AvgIpc) is 2.99. The second kappa shape index (κ2) is 17.5. The Morgan fingerprint density at radius 1 is 0.596 bits per heavy atom. The molecule has 4 aromatic carbocycles. The number of alkyl halides is 6. The minimum absolute atomic E-state index is 0.229. The molecular formula is C33H38F6N2O5S. The van der Waals surface area contributed by atoms with Gasteiger partial charge in [0, 0.05) is 10.8 Å². The Morgan fingerprint density at radius 2 is 0.936 bits per heavy atom. The fourth-order valence-corrected chi connectivity index (χ4v) is 4.87. The van der Waals surface area contributed by atoms with Crippen molar-refractivity contribution in [2.45, 2.75) is 38.0 Å². The van der Waals surface area contributed by atoms with Crippen LogP contribution in [0.3, 0.4) is 0 Å². The monoisotopic (exact) mass is 688 g/mol. The first-order valence-electron chi connectivity index (χ1n) is 14.8. The van der Waals surface area contributed by atoms with Crippen molar-refractivity contribution in [1.29, 1.82) is 0 Å². The summed E-state index contributed by atoms with van der Waals surface area (Å²) in [5.74, 6) is 0.458. The van der Waals surface area contributed by atoms with Crippen LogP contribution < -0.4 is 20.1 Å². The highest BCUT2D eigenvalue weighted by molar-refractivity contribution is 7.85. The zero-order valence-electron chi connectivity index (χ0n) is 25.8. The molecule has 0 unspecified atom stereocenters. The lowest BCUT2D eigenvalue weighted by Gasteiger charge is -2.14. The van der Waals surface area contributed by atoms with Crippen molar-refractivity contribution >= 4 is 31.7 Å². The van der Waals surface area contributed by atoms with Crippen LogP contribution in [0.1, 0.15) is 24.0 Å². The molecule has 0 amide bonds. The van der Waals surface area contributed by atoms with Gasteiger partial charge in [-0.15, -0.1) is 0 Å². The normalized spacial score (nSPS) is 12.2. The maximum absolute atomic E-state index is 12.6. The molecule has 0 aliphatic heterocycles. The van der Waals surface area contributed by atoms with Crippen molar-refractivity contribution in [2.75, 3.05) is 45.6 Å². The van der Waals surface area contributed by atoms with Gasteiger partial charge in [-0.05, 0) is 85.9 Å². The molecule has 0 spiro atoms. The maximum atomic E-state index is 12.6. The zero-order chi connectivity index (χ0) is 34.5. The average molecular weight is 689 g/mol. The third kappa shape index (κ3) is 14.4. The van der Waals surface area contributed by atoms with E-state index >= 15 is 0 Å². The highest BCUT2D eigenvalue weighted by Gasteiger charge is 2.29. The molecule has 0 aromatic heterocycles. The Bertz CT molecular complexity index is 1560. The van der Waals surface area contributed by atoms with Gasteiger partial charge in [0.15, 0.2) is 13.2 Å². The number of unbranched alkanes of at least 4 members (excludes halogenated alkanes) is 1. The van der Waals surface area contributed by atoms with Crippen LogP contribution in [0.15, 0.2) is 72.8 Å². The molecule has 4 rings (SSSR count). The number of ether oxygens (including phenoxy) is 2. The number of hydrogen-bond acceptors (Lipinski definition) is 6. The van der Waals surface area contributed by atoms with E-state index in [-0.39, 0.29) is 11.5 Å². The summed E-state index contributed by atoms with van der Waals surface area (Å²) in [6.07, 6.45) is -4.62. The van der Waals surface area contributed by atoms with Crippen molar-refractivity contribution in [2.24, 2.45) is 0 Å². The first-order chi connectivity index (χ1) is 22.1. The number of hydrogen-bond donors (Lipinski definition) is 3. The van der Waals surface area contributed by atoms with E-state index in [9.17, 15) is 34.8 Å².